The zero-order valence-corrected chi connectivity index (χ0v) is 14.4. The van der Waals surface area contributed by atoms with Crippen molar-refractivity contribution in [2.45, 2.75) is 19.1 Å². The van der Waals surface area contributed by atoms with Crippen LogP contribution >= 0.6 is 31.9 Å². The Morgan fingerprint density at radius 2 is 2.20 bits per heavy atom. The first-order valence-corrected chi connectivity index (χ1v) is 8.59. The second-order valence-corrected chi connectivity index (χ2v) is 6.58. The number of ether oxygens (including phenoxy) is 1. The average molecular weight is 400 g/mol. The number of halogens is 2. The molecule has 3 nitrogen and oxygen atoms in total. The van der Waals surface area contributed by atoms with Crippen LogP contribution in [-0.2, 0) is 4.74 Å². The van der Waals surface area contributed by atoms with E-state index in [2.05, 4.69) is 72.9 Å². The molecule has 0 spiro atoms. The first-order chi connectivity index (χ1) is 9.70. The Balaban J connectivity index is 2.07. The topological polar surface area (TPSA) is 25.4 Å². The summed E-state index contributed by atoms with van der Waals surface area (Å²) in [6, 6.07) is 8.65. The number of morpholine rings is 1. The minimum Gasteiger partial charge on any atom is -0.373 e. The fraction of sp³-hybridized carbons (Fsp3) is 0.400. The van der Waals surface area contributed by atoms with Gasteiger partial charge in [0.05, 0.1) is 18.8 Å². The normalized spacial score (nSPS) is 23.2. The van der Waals surface area contributed by atoms with Crippen LogP contribution in [0.2, 0.25) is 0 Å². The monoisotopic (exact) mass is 398 g/mol. The molecule has 0 amide bonds. The van der Waals surface area contributed by atoms with Gasteiger partial charge in [0, 0.05) is 33.3 Å². The Labute approximate surface area is 135 Å². The number of rotatable bonds is 2. The summed E-state index contributed by atoms with van der Waals surface area (Å²) < 4.78 is 6.91. The summed E-state index contributed by atoms with van der Waals surface area (Å²) in [5.41, 5.74) is 0. The van der Waals surface area contributed by atoms with E-state index in [4.69, 9.17) is 4.74 Å². The van der Waals surface area contributed by atoms with E-state index < -0.39 is 0 Å². The number of hydrogen-bond acceptors (Lipinski definition) is 3. The third-order valence-corrected chi connectivity index (χ3v) is 5.10. The highest BCUT2D eigenvalue weighted by Crippen LogP contribution is 2.31. The van der Waals surface area contributed by atoms with Gasteiger partial charge in [-0.1, -0.05) is 44.0 Å². The molecule has 0 N–H and O–H groups in total. The van der Waals surface area contributed by atoms with Crippen LogP contribution in [0.15, 0.2) is 34.9 Å². The maximum atomic E-state index is 5.80. The number of aromatic nitrogens is 1. The molecule has 2 unspecified atom stereocenters. The van der Waals surface area contributed by atoms with Gasteiger partial charge in [0.1, 0.15) is 5.82 Å². The average Bonchev–Trinajstić information content (AvgIpc) is 2.48. The van der Waals surface area contributed by atoms with Crippen molar-refractivity contribution < 1.29 is 4.74 Å². The standard InChI is InChI=1S/C15H16Br2N2O/c1-10-9-20-11(7-16)8-19(10)15-13-3-2-4-14(17)12(13)5-6-18-15/h2-6,10-11H,7-9H2,1H3. The van der Waals surface area contributed by atoms with Gasteiger partial charge in [0.15, 0.2) is 0 Å². The molecule has 0 aliphatic carbocycles. The summed E-state index contributed by atoms with van der Waals surface area (Å²) in [7, 11) is 0. The predicted molar refractivity (Wildman–Crippen MR) is 89.8 cm³/mol. The number of anilines is 1. The number of alkyl halides is 1. The largest absolute Gasteiger partial charge is 0.373 e. The molecule has 0 radical (unpaired) electrons. The van der Waals surface area contributed by atoms with Gasteiger partial charge in [-0.25, -0.2) is 4.98 Å². The first kappa shape index (κ1) is 14.3. The van der Waals surface area contributed by atoms with Gasteiger partial charge in [-0.15, -0.1) is 0 Å². The van der Waals surface area contributed by atoms with Gasteiger partial charge in [-0.2, -0.15) is 0 Å². The fourth-order valence-corrected chi connectivity index (χ4v) is 3.48. The van der Waals surface area contributed by atoms with Gasteiger partial charge in [0.2, 0.25) is 0 Å². The molecule has 2 heterocycles. The molecular formula is C15H16Br2N2O. The summed E-state index contributed by atoms with van der Waals surface area (Å²) >= 11 is 7.13. The van der Waals surface area contributed by atoms with Crippen LogP contribution in [0.5, 0.6) is 0 Å². The molecule has 1 aliphatic rings. The zero-order chi connectivity index (χ0) is 14.1. The van der Waals surface area contributed by atoms with Crippen molar-refractivity contribution in [1.29, 1.82) is 0 Å². The van der Waals surface area contributed by atoms with Gasteiger partial charge in [0.25, 0.3) is 0 Å². The first-order valence-electron chi connectivity index (χ1n) is 6.68. The van der Waals surface area contributed by atoms with Crippen molar-refractivity contribution in [3.8, 4) is 0 Å². The third-order valence-electron chi connectivity index (χ3n) is 3.68. The van der Waals surface area contributed by atoms with E-state index in [0.717, 1.165) is 28.8 Å². The predicted octanol–water partition coefficient (Wildman–Crippen LogP) is 3.99. The van der Waals surface area contributed by atoms with Crippen LogP contribution in [0.3, 0.4) is 0 Å². The van der Waals surface area contributed by atoms with Crippen LogP contribution in [0, 0.1) is 0 Å². The number of hydrogen-bond donors (Lipinski definition) is 0. The maximum Gasteiger partial charge on any atom is 0.136 e. The summed E-state index contributed by atoms with van der Waals surface area (Å²) in [5, 5.41) is 3.24. The van der Waals surface area contributed by atoms with E-state index in [9.17, 15) is 0 Å². The molecule has 2 aromatic rings. The molecule has 1 aromatic carbocycles. The molecule has 0 bridgehead atoms. The smallest absolute Gasteiger partial charge is 0.136 e. The summed E-state index contributed by atoms with van der Waals surface area (Å²) in [5.74, 6) is 1.05. The lowest BCUT2D eigenvalue weighted by Crippen LogP contribution is -2.49. The lowest BCUT2D eigenvalue weighted by atomic mass is 10.1. The highest BCUT2D eigenvalue weighted by molar-refractivity contribution is 9.10. The Hall–Kier alpha value is -0.650. The molecule has 1 aliphatic heterocycles. The highest BCUT2D eigenvalue weighted by Gasteiger charge is 2.27. The van der Waals surface area contributed by atoms with E-state index in [1.54, 1.807) is 0 Å². The van der Waals surface area contributed by atoms with Crippen molar-refractivity contribution in [2.75, 3.05) is 23.4 Å². The van der Waals surface area contributed by atoms with Crippen molar-refractivity contribution in [1.82, 2.24) is 4.98 Å². The Morgan fingerprint density at radius 3 is 3.00 bits per heavy atom. The Kier molecular flexibility index (Phi) is 4.29. The van der Waals surface area contributed by atoms with Gasteiger partial charge in [-0.05, 0) is 19.1 Å². The van der Waals surface area contributed by atoms with Crippen LogP contribution in [0.4, 0.5) is 5.82 Å². The highest BCUT2D eigenvalue weighted by atomic mass is 79.9. The van der Waals surface area contributed by atoms with Gasteiger partial charge in [-0.3, -0.25) is 0 Å². The lowest BCUT2D eigenvalue weighted by Gasteiger charge is -2.38. The molecule has 106 valence electrons. The van der Waals surface area contributed by atoms with Crippen LogP contribution in [0.25, 0.3) is 10.8 Å². The van der Waals surface area contributed by atoms with Crippen LogP contribution in [0.1, 0.15) is 6.92 Å². The molecule has 1 saturated heterocycles. The van der Waals surface area contributed by atoms with Crippen molar-refractivity contribution in [3.05, 3.63) is 34.9 Å². The maximum absolute atomic E-state index is 5.80. The van der Waals surface area contributed by atoms with Gasteiger partial charge < -0.3 is 9.64 Å². The van der Waals surface area contributed by atoms with E-state index in [-0.39, 0.29) is 6.10 Å². The molecule has 20 heavy (non-hydrogen) atoms. The van der Waals surface area contributed by atoms with Gasteiger partial charge >= 0.3 is 0 Å². The number of benzene rings is 1. The Bertz CT molecular complexity index is 620. The van der Waals surface area contributed by atoms with E-state index in [1.807, 2.05) is 6.20 Å². The minimum absolute atomic E-state index is 0.218. The van der Waals surface area contributed by atoms with Crippen LogP contribution in [-0.4, -0.2) is 35.6 Å². The summed E-state index contributed by atoms with van der Waals surface area (Å²) in [6.07, 6.45) is 2.10. The molecular weight excluding hydrogens is 384 g/mol. The van der Waals surface area contributed by atoms with Crippen molar-refractivity contribution in [2.24, 2.45) is 0 Å². The summed E-state index contributed by atoms with van der Waals surface area (Å²) in [4.78, 5) is 6.98. The Morgan fingerprint density at radius 1 is 1.35 bits per heavy atom. The van der Waals surface area contributed by atoms with E-state index >= 15 is 0 Å². The quantitative estimate of drug-likeness (QED) is 0.714. The molecule has 0 saturated carbocycles. The second-order valence-electron chi connectivity index (χ2n) is 5.08. The lowest BCUT2D eigenvalue weighted by molar-refractivity contribution is 0.0378. The molecule has 1 fully saturated rings. The SMILES string of the molecule is CC1COC(CBr)CN1c1nccc2c(Br)cccc12. The number of fused-ring (bicyclic) bond motifs is 1. The molecule has 2 atom stereocenters. The molecule has 5 heteroatoms. The van der Waals surface area contributed by atoms with E-state index in [0.29, 0.717) is 6.04 Å². The van der Waals surface area contributed by atoms with Crippen LogP contribution < -0.4 is 4.90 Å². The second kappa shape index (κ2) is 6.00. The van der Waals surface area contributed by atoms with E-state index in [1.165, 1.54) is 10.8 Å². The zero-order valence-electron chi connectivity index (χ0n) is 11.2. The number of nitrogens with zero attached hydrogens (tertiary/aromatic N) is 2. The molecule has 3 rings (SSSR count). The molecule has 1 aromatic heterocycles. The number of pyridine rings is 1. The van der Waals surface area contributed by atoms with Crippen molar-refractivity contribution in [3.63, 3.8) is 0 Å². The third kappa shape index (κ3) is 2.59. The summed E-state index contributed by atoms with van der Waals surface area (Å²) in [6.45, 7) is 3.79. The minimum atomic E-state index is 0.218. The van der Waals surface area contributed by atoms with Crippen molar-refractivity contribution >= 4 is 48.5 Å². The fourth-order valence-electron chi connectivity index (χ4n) is 2.59.